The number of nitrogens with two attached hydrogens (primary N) is 1. The van der Waals surface area contributed by atoms with Crippen LogP contribution in [0.1, 0.15) is 32.4 Å². The molecule has 1 amide bonds. The molecule has 1 unspecified atom stereocenters. The molecule has 0 fully saturated rings. The molecule has 8 heteroatoms. The average Bonchev–Trinajstić information content (AvgIpc) is 2.36. The Morgan fingerprint density at radius 3 is 2.50 bits per heavy atom. The van der Waals surface area contributed by atoms with Gasteiger partial charge in [0.25, 0.3) is 0 Å². The summed E-state index contributed by atoms with van der Waals surface area (Å²) in [6.07, 6.45) is -0.632. The predicted molar refractivity (Wildman–Crippen MR) is 79.2 cm³/mol. The van der Waals surface area contributed by atoms with E-state index in [0.717, 1.165) is 0 Å². The monoisotopic (exact) mass is 336 g/mol. The Hall–Kier alpha value is -1.60. The van der Waals surface area contributed by atoms with Crippen LogP contribution in [0.25, 0.3) is 0 Å². The van der Waals surface area contributed by atoms with E-state index >= 15 is 0 Å². The fourth-order valence-corrected chi connectivity index (χ4v) is 1.89. The van der Waals surface area contributed by atoms with Crippen molar-refractivity contribution in [2.24, 2.45) is 5.73 Å². The Morgan fingerprint density at radius 1 is 1.41 bits per heavy atom. The first-order chi connectivity index (χ1) is 10.1. The highest BCUT2D eigenvalue weighted by Gasteiger charge is 2.20. The van der Waals surface area contributed by atoms with Crippen LogP contribution in [0.5, 0.6) is 5.75 Å². The Labute approximate surface area is 132 Å². The van der Waals surface area contributed by atoms with Gasteiger partial charge in [-0.3, -0.25) is 0 Å². The molecule has 0 aliphatic rings. The third-order valence-corrected chi connectivity index (χ3v) is 2.80. The summed E-state index contributed by atoms with van der Waals surface area (Å²) in [5, 5.41) is 2.60. The fraction of sp³-hybridized carbons (Fsp3) is 0.500. The Kier molecular flexibility index (Phi) is 6.37. The molecule has 0 bridgehead atoms. The molecule has 0 aliphatic carbocycles. The SMILES string of the molecule is CC(C)(C)OC(=O)NC(CN)c1ccc(OC(F)F)c(Cl)c1. The largest absolute Gasteiger partial charge is 0.444 e. The van der Waals surface area contributed by atoms with E-state index in [1.165, 1.54) is 18.2 Å². The van der Waals surface area contributed by atoms with Gasteiger partial charge < -0.3 is 20.5 Å². The zero-order valence-electron chi connectivity index (χ0n) is 12.5. The van der Waals surface area contributed by atoms with E-state index in [2.05, 4.69) is 10.1 Å². The minimum absolute atomic E-state index is 0.00207. The number of benzene rings is 1. The number of rotatable bonds is 5. The van der Waals surface area contributed by atoms with Crippen LogP contribution < -0.4 is 15.8 Å². The van der Waals surface area contributed by atoms with Crippen LogP contribution in [0.3, 0.4) is 0 Å². The van der Waals surface area contributed by atoms with Crippen molar-refractivity contribution in [1.82, 2.24) is 5.32 Å². The molecule has 1 aromatic rings. The number of halogens is 3. The average molecular weight is 337 g/mol. The summed E-state index contributed by atoms with van der Waals surface area (Å²) in [4.78, 5) is 11.8. The number of nitrogens with one attached hydrogen (secondary N) is 1. The Morgan fingerprint density at radius 2 is 2.05 bits per heavy atom. The molecule has 1 rings (SSSR count). The standard InChI is InChI=1S/C14H19ClF2N2O3/c1-14(2,3)22-13(20)19-10(7-18)8-4-5-11(9(15)6-8)21-12(16)17/h4-6,10,12H,7,18H2,1-3H3,(H,19,20). The van der Waals surface area contributed by atoms with Crippen molar-refractivity contribution in [2.45, 2.75) is 39.0 Å². The first kappa shape index (κ1) is 18.4. The van der Waals surface area contributed by atoms with Crippen molar-refractivity contribution in [1.29, 1.82) is 0 Å². The minimum Gasteiger partial charge on any atom is -0.444 e. The topological polar surface area (TPSA) is 73.6 Å². The highest BCUT2D eigenvalue weighted by atomic mass is 35.5. The zero-order valence-corrected chi connectivity index (χ0v) is 13.3. The van der Waals surface area contributed by atoms with Gasteiger partial charge in [0.15, 0.2) is 0 Å². The van der Waals surface area contributed by atoms with Gasteiger partial charge in [0, 0.05) is 6.54 Å². The van der Waals surface area contributed by atoms with Gasteiger partial charge in [-0.05, 0) is 38.5 Å². The quantitative estimate of drug-likeness (QED) is 0.863. The van der Waals surface area contributed by atoms with E-state index in [9.17, 15) is 13.6 Å². The van der Waals surface area contributed by atoms with Gasteiger partial charge in [-0.25, -0.2) is 4.79 Å². The van der Waals surface area contributed by atoms with Gasteiger partial charge in [0.2, 0.25) is 0 Å². The molecule has 1 aromatic carbocycles. The van der Waals surface area contributed by atoms with Crippen LogP contribution in [-0.2, 0) is 4.74 Å². The van der Waals surface area contributed by atoms with Gasteiger partial charge in [0.05, 0.1) is 11.1 Å². The molecular weight excluding hydrogens is 318 g/mol. The van der Waals surface area contributed by atoms with Crippen LogP contribution in [0.4, 0.5) is 13.6 Å². The lowest BCUT2D eigenvalue weighted by Gasteiger charge is -2.23. The van der Waals surface area contributed by atoms with E-state index in [1.807, 2.05) is 0 Å². The van der Waals surface area contributed by atoms with Crippen LogP contribution >= 0.6 is 11.6 Å². The van der Waals surface area contributed by atoms with E-state index in [0.29, 0.717) is 5.56 Å². The van der Waals surface area contributed by atoms with Gasteiger partial charge in [-0.1, -0.05) is 17.7 Å². The molecule has 0 spiro atoms. The van der Waals surface area contributed by atoms with E-state index in [-0.39, 0.29) is 17.3 Å². The van der Waals surface area contributed by atoms with Crippen molar-refractivity contribution in [2.75, 3.05) is 6.54 Å². The third kappa shape index (κ3) is 6.03. The smallest absolute Gasteiger partial charge is 0.408 e. The van der Waals surface area contributed by atoms with Crippen molar-refractivity contribution >= 4 is 17.7 Å². The summed E-state index contributed by atoms with van der Waals surface area (Å²) in [5.74, 6) is -0.145. The number of carbonyl (C=O) groups excluding carboxylic acids is 1. The normalized spacial score (nSPS) is 12.9. The second-order valence-electron chi connectivity index (χ2n) is 5.50. The molecule has 1 atom stereocenters. The van der Waals surface area contributed by atoms with Crippen molar-refractivity contribution in [3.8, 4) is 5.75 Å². The number of amides is 1. The number of ether oxygens (including phenoxy) is 2. The maximum absolute atomic E-state index is 12.2. The van der Waals surface area contributed by atoms with E-state index in [4.69, 9.17) is 22.1 Å². The van der Waals surface area contributed by atoms with E-state index < -0.39 is 24.3 Å². The fourth-order valence-electron chi connectivity index (χ4n) is 1.65. The lowest BCUT2D eigenvalue weighted by molar-refractivity contribution is -0.0498. The summed E-state index contributed by atoms with van der Waals surface area (Å²) < 4.78 is 33.7. The Balaban J connectivity index is 2.83. The summed E-state index contributed by atoms with van der Waals surface area (Å²) in [5.41, 5.74) is 5.53. The number of alkyl halides is 2. The van der Waals surface area contributed by atoms with Crippen molar-refractivity contribution < 1.29 is 23.0 Å². The van der Waals surface area contributed by atoms with Crippen LogP contribution in [0, 0.1) is 0 Å². The molecule has 0 saturated carbocycles. The minimum atomic E-state index is -2.96. The van der Waals surface area contributed by atoms with Gasteiger partial charge in [-0.15, -0.1) is 0 Å². The lowest BCUT2D eigenvalue weighted by atomic mass is 10.1. The predicted octanol–water partition coefficient (Wildman–Crippen LogP) is 3.47. The molecule has 124 valence electrons. The van der Waals surface area contributed by atoms with Gasteiger partial charge in [-0.2, -0.15) is 8.78 Å². The maximum atomic E-state index is 12.2. The summed E-state index contributed by atoms with van der Waals surface area (Å²) in [7, 11) is 0. The van der Waals surface area contributed by atoms with E-state index in [1.54, 1.807) is 20.8 Å². The zero-order chi connectivity index (χ0) is 16.9. The molecule has 0 aromatic heterocycles. The first-order valence-electron chi connectivity index (χ1n) is 6.56. The molecule has 0 heterocycles. The second-order valence-corrected chi connectivity index (χ2v) is 5.91. The third-order valence-electron chi connectivity index (χ3n) is 2.50. The number of hydrogen-bond acceptors (Lipinski definition) is 4. The van der Waals surface area contributed by atoms with Crippen molar-refractivity contribution in [3.05, 3.63) is 28.8 Å². The molecule has 22 heavy (non-hydrogen) atoms. The molecule has 0 saturated heterocycles. The van der Waals surface area contributed by atoms with Crippen molar-refractivity contribution in [3.63, 3.8) is 0 Å². The molecular formula is C14H19ClF2N2O3. The summed E-state index contributed by atoms with van der Waals surface area (Å²) in [6.45, 7) is 2.32. The van der Waals surface area contributed by atoms with Crippen LogP contribution in [0.15, 0.2) is 18.2 Å². The summed E-state index contributed by atoms with van der Waals surface area (Å²) >= 11 is 5.87. The molecule has 0 radical (unpaired) electrons. The molecule has 0 aliphatic heterocycles. The second kappa shape index (κ2) is 7.60. The lowest BCUT2D eigenvalue weighted by Crippen LogP contribution is -2.37. The van der Waals surface area contributed by atoms with Gasteiger partial charge >= 0.3 is 12.7 Å². The summed E-state index contributed by atoms with van der Waals surface area (Å²) in [6, 6.07) is 3.64. The number of alkyl carbamates (subject to hydrolysis) is 1. The highest BCUT2D eigenvalue weighted by molar-refractivity contribution is 6.32. The Bertz CT molecular complexity index is 521. The van der Waals surface area contributed by atoms with Crippen LogP contribution in [-0.4, -0.2) is 24.9 Å². The number of hydrogen-bond donors (Lipinski definition) is 2. The highest BCUT2D eigenvalue weighted by Crippen LogP contribution is 2.29. The number of carbonyl (C=O) groups is 1. The van der Waals surface area contributed by atoms with Gasteiger partial charge in [0.1, 0.15) is 11.4 Å². The van der Waals surface area contributed by atoms with Crippen LogP contribution in [0.2, 0.25) is 5.02 Å². The molecule has 5 nitrogen and oxygen atoms in total. The maximum Gasteiger partial charge on any atom is 0.408 e. The first-order valence-corrected chi connectivity index (χ1v) is 6.94. The molecule has 3 N–H and O–H groups in total.